The zero-order chi connectivity index (χ0) is 20.2. The fraction of sp³-hybridized carbons (Fsp3) is 0.462. The molecule has 152 valence electrons. The van der Waals surface area contributed by atoms with E-state index >= 15 is 0 Å². The van der Waals surface area contributed by atoms with Crippen molar-refractivity contribution in [2.75, 3.05) is 0 Å². The molecule has 0 aliphatic carbocycles. The van der Waals surface area contributed by atoms with Crippen LogP contribution in [0.25, 0.3) is 5.83 Å². The number of benzene rings is 2. The molecule has 0 fully saturated rings. The molecule has 2 aromatic carbocycles. The van der Waals surface area contributed by atoms with Gasteiger partial charge < -0.3 is 0 Å². The van der Waals surface area contributed by atoms with Crippen molar-refractivity contribution < 1.29 is 8.78 Å². The van der Waals surface area contributed by atoms with Crippen molar-refractivity contribution >= 4 is 5.83 Å². The molecule has 2 aromatic rings. The van der Waals surface area contributed by atoms with Crippen molar-refractivity contribution in [1.82, 2.24) is 0 Å². The Labute approximate surface area is 169 Å². The summed E-state index contributed by atoms with van der Waals surface area (Å²) in [6.07, 6.45) is 10.4. The maximum absolute atomic E-state index is 14.0. The Kier molecular flexibility index (Phi) is 9.96. The fourth-order valence-corrected chi connectivity index (χ4v) is 3.40. The third-order valence-corrected chi connectivity index (χ3v) is 5.21. The molecule has 0 spiro atoms. The molecule has 0 N–H and O–H groups in total. The first-order chi connectivity index (χ1) is 13.6. The summed E-state index contributed by atoms with van der Waals surface area (Å²) >= 11 is 0. The monoisotopic (exact) mass is 384 g/mol. The molecule has 0 amide bonds. The number of rotatable bonds is 12. The molecule has 0 saturated heterocycles. The normalized spacial score (nSPS) is 12.1. The Morgan fingerprint density at radius 3 is 1.64 bits per heavy atom. The van der Waals surface area contributed by atoms with Crippen molar-refractivity contribution in [3.8, 4) is 0 Å². The van der Waals surface area contributed by atoms with Gasteiger partial charge in [-0.25, -0.2) is 8.78 Å². The minimum atomic E-state index is -0.723. The highest BCUT2D eigenvalue weighted by molar-refractivity contribution is 5.61. The summed E-state index contributed by atoms with van der Waals surface area (Å²) in [5.41, 5.74) is 4.21. The lowest BCUT2D eigenvalue weighted by molar-refractivity contribution is 0.559. The minimum absolute atomic E-state index is 0.155. The van der Waals surface area contributed by atoms with Gasteiger partial charge >= 0.3 is 0 Å². The molecular weight excluding hydrogens is 350 g/mol. The number of aryl methyl sites for hydroxylation is 3. The second-order valence-electron chi connectivity index (χ2n) is 7.65. The van der Waals surface area contributed by atoms with Crippen molar-refractivity contribution in [2.45, 2.75) is 78.1 Å². The lowest BCUT2D eigenvalue weighted by Gasteiger charge is -2.06. The van der Waals surface area contributed by atoms with E-state index in [0.717, 1.165) is 18.4 Å². The first-order valence-corrected chi connectivity index (χ1v) is 10.8. The zero-order valence-corrected chi connectivity index (χ0v) is 17.4. The summed E-state index contributed by atoms with van der Waals surface area (Å²) in [5, 5.41) is 0. The van der Waals surface area contributed by atoms with Gasteiger partial charge in [-0.3, -0.25) is 0 Å². The molecule has 0 saturated carbocycles. The molecule has 0 aromatic heterocycles. The Balaban J connectivity index is 1.81. The maximum atomic E-state index is 14.0. The van der Waals surface area contributed by atoms with Crippen molar-refractivity contribution in [1.29, 1.82) is 0 Å². The summed E-state index contributed by atoms with van der Waals surface area (Å²) in [6.45, 7) is 4.09. The van der Waals surface area contributed by atoms with Gasteiger partial charge in [-0.05, 0) is 48.8 Å². The molecule has 0 heterocycles. The van der Waals surface area contributed by atoms with Crippen LogP contribution in [0.3, 0.4) is 0 Å². The third kappa shape index (κ3) is 7.58. The van der Waals surface area contributed by atoms with Crippen LogP contribution in [0.4, 0.5) is 8.78 Å². The van der Waals surface area contributed by atoms with E-state index < -0.39 is 11.7 Å². The molecule has 0 aliphatic heterocycles. The first kappa shape index (κ1) is 22.3. The molecule has 2 rings (SSSR count). The van der Waals surface area contributed by atoms with E-state index in [-0.39, 0.29) is 6.42 Å². The predicted octanol–water partition coefficient (Wildman–Crippen LogP) is 8.39. The summed E-state index contributed by atoms with van der Waals surface area (Å²) < 4.78 is 27.6. The van der Waals surface area contributed by atoms with E-state index in [1.54, 1.807) is 12.1 Å². The maximum Gasteiger partial charge on any atom is 0.161 e. The molecule has 0 atom stereocenters. The number of hydrogen-bond acceptors (Lipinski definition) is 0. The number of allylic oxidation sites excluding steroid dienone is 1. The fourth-order valence-electron chi connectivity index (χ4n) is 3.40. The Bertz CT molecular complexity index is 711. The Morgan fingerprint density at radius 2 is 1.11 bits per heavy atom. The Hall–Kier alpha value is -1.96. The van der Waals surface area contributed by atoms with Crippen LogP contribution in [-0.2, 0) is 19.3 Å². The van der Waals surface area contributed by atoms with Crippen LogP contribution in [0.1, 0.15) is 81.0 Å². The molecular formula is C26H34F2. The summed E-state index contributed by atoms with van der Waals surface area (Å²) in [6, 6.07) is 16.1. The number of hydrogen-bond donors (Lipinski definition) is 0. The smallest absolute Gasteiger partial charge is 0.161 e. The van der Waals surface area contributed by atoms with Gasteiger partial charge in [0.05, 0.1) is 0 Å². The lowest BCUT2D eigenvalue weighted by atomic mass is 10.00. The number of unbranched alkanes of at least 4 members (excludes halogenated alkanes) is 4. The molecule has 0 bridgehead atoms. The highest BCUT2D eigenvalue weighted by atomic mass is 19.2. The van der Waals surface area contributed by atoms with Crippen LogP contribution in [-0.4, -0.2) is 0 Å². The Morgan fingerprint density at radius 1 is 0.607 bits per heavy atom. The summed E-state index contributed by atoms with van der Waals surface area (Å²) in [5.74, 6) is -1.38. The van der Waals surface area contributed by atoms with E-state index in [2.05, 4.69) is 31.2 Å². The van der Waals surface area contributed by atoms with E-state index in [1.807, 2.05) is 19.1 Å². The van der Waals surface area contributed by atoms with E-state index in [0.29, 0.717) is 12.0 Å². The second-order valence-corrected chi connectivity index (χ2v) is 7.65. The van der Waals surface area contributed by atoms with Gasteiger partial charge in [0, 0.05) is 12.0 Å². The van der Waals surface area contributed by atoms with Crippen molar-refractivity contribution in [2.24, 2.45) is 0 Å². The highest BCUT2D eigenvalue weighted by Crippen LogP contribution is 2.24. The molecule has 0 unspecified atom stereocenters. The van der Waals surface area contributed by atoms with E-state index in [9.17, 15) is 8.78 Å². The first-order valence-electron chi connectivity index (χ1n) is 10.8. The quantitative estimate of drug-likeness (QED) is 0.322. The number of halogens is 2. The van der Waals surface area contributed by atoms with Gasteiger partial charge in [-0.2, -0.15) is 0 Å². The third-order valence-electron chi connectivity index (χ3n) is 5.21. The van der Waals surface area contributed by atoms with Crippen LogP contribution in [0.15, 0.2) is 54.4 Å². The van der Waals surface area contributed by atoms with Gasteiger partial charge in [0.2, 0.25) is 0 Å². The summed E-state index contributed by atoms with van der Waals surface area (Å²) in [4.78, 5) is 0. The average Bonchev–Trinajstić information content (AvgIpc) is 2.73. The summed E-state index contributed by atoms with van der Waals surface area (Å²) in [7, 11) is 0. The standard InChI is InChI=1S/C26H34F2/c1-3-5-6-7-8-10-21-11-13-22(14-12-21)15-16-23-17-19-24(20-18-23)26(28)25(27)9-4-2/h11-14,17-20H,3-10,15-16H2,1-2H3. The minimum Gasteiger partial charge on any atom is -0.209 e. The average molecular weight is 385 g/mol. The van der Waals surface area contributed by atoms with Gasteiger partial charge in [-0.1, -0.05) is 88.1 Å². The molecule has 0 nitrogen and oxygen atoms in total. The van der Waals surface area contributed by atoms with Gasteiger partial charge in [0.1, 0.15) is 5.83 Å². The van der Waals surface area contributed by atoms with Crippen molar-refractivity contribution in [3.05, 3.63) is 76.6 Å². The molecule has 28 heavy (non-hydrogen) atoms. The van der Waals surface area contributed by atoms with Crippen LogP contribution in [0, 0.1) is 0 Å². The van der Waals surface area contributed by atoms with Gasteiger partial charge in [0.25, 0.3) is 0 Å². The van der Waals surface area contributed by atoms with E-state index in [1.165, 1.54) is 49.7 Å². The van der Waals surface area contributed by atoms with Crippen molar-refractivity contribution in [3.63, 3.8) is 0 Å². The molecule has 0 aliphatic rings. The van der Waals surface area contributed by atoms with Gasteiger partial charge in [0.15, 0.2) is 5.83 Å². The van der Waals surface area contributed by atoms with E-state index in [4.69, 9.17) is 0 Å². The van der Waals surface area contributed by atoms with Crippen LogP contribution < -0.4 is 0 Å². The predicted molar refractivity (Wildman–Crippen MR) is 117 cm³/mol. The zero-order valence-electron chi connectivity index (χ0n) is 17.4. The largest absolute Gasteiger partial charge is 0.209 e. The highest BCUT2D eigenvalue weighted by Gasteiger charge is 2.08. The lowest BCUT2D eigenvalue weighted by Crippen LogP contribution is -1.93. The molecule has 0 radical (unpaired) electrons. The van der Waals surface area contributed by atoms with Gasteiger partial charge in [-0.15, -0.1) is 0 Å². The molecule has 2 heteroatoms. The van der Waals surface area contributed by atoms with Crippen LogP contribution >= 0.6 is 0 Å². The second kappa shape index (κ2) is 12.5. The van der Waals surface area contributed by atoms with Crippen LogP contribution in [0.5, 0.6) is 0 Å². The van der Waals surface area contributed by atoms with Crippen LogP contribution in [0.2, 0.25) is 0 Å². The SMILES string of the molecule is CCCCCCCc1ccc(CCc2ccc(C(F)=C(F)CCC)cc2)cc1. The topological polar surface area (TPSA) is 0 Å².